The van der Waals surface area contributed by atoms with E-state index in [2.05, 4.69) is 0 Å². The van der Waals surface area contributed by atoms with Crippen molar-refractivity contribution in [3.63, 3.8) is 0 Å². The summed E-state index contributed by atoms with van der Waals surface area (Å²) < 4.78 is 0. The number of rotatable bonds is 24. The highest BCUT2D eigenvalue weighted by molar-refractivity contribution is 6.14. The predicted molar refractivity (Wildman–Crippen MR) is 180 cm³/mol. The molecule has 0 fully saturated rings. The zero-order valence-corrected chi connectivity index (χ0v) is 28.3. The van der Waals surface area contributed by atoms with Crippen molar-refractivity contribution >= 4 is 47.3 Å². The molecule has 0 bridgehead atoms. The van der Waals surface area contributed by atoms with Gasteiger partial charge in [0, 0.05) is 74.8 Å². The highest BCUT2D eigenvalue weighted by Crippen LogP contribution is 2.42. The SMILES string of the molecule is O=C1C=CC(=O)N1CCCCCC(CCCCCN1C(=O)C=CC1=O)(CCCCCN1C(=O)C=CC1=O)CCCCCN1C(=O)C=CC1=O. The first-order valence-electron chi connectivity index (χ1n) is 17.7. The molecule has 0 aromatic heterocycles. The van der Waals surface area contributed by atoms with Crippen LogP contribution in [0.25, 0.3) is 0 Å². The van der Waals surface area contributed by atoms with Crippen LogP contribution in [0.3, 0.4) is 0 Å². The van der Waals surface area contributed by atoms with E-state index in [-0.39, 0.29) is 52.7 Å². The Morgan fingerprint density at radius 2 is 0.469 bits per heavy atom. The third kappa shape index (κ3) is 10.8. The van der Waals surface area contributed by atoms with E-state index >= 15 is 0 Å². The summed E-state index contributed by atoms with van der Waals surface area (Å²) in [6.07, 6.45) is 24.3. The molecule has 0 N–H and O–H groups in total. The lowest BCUT2D eigenvalue weighted by atomic mass is 9.70. The Balaban J connectivity index is 1.32. The number of nitrogens with zero attached hydrogens (tertiary/aromatic N) is 4. The van der Waals surface area contributed by atoms with Crippen molar-refractivity contribution in [1.29, 1.82) is 0 Å². The minimum absolute atomic E-state index is 0.00333. The highest BCUT2D eigenvalue weighted by Gasteiger charge is 2.30. The number of unbranched alkanes of at least 4 members (excludes halogenated alkanes) is 8. The maximum absolute atomic E-state index is 12.0. The molecule has 0 aromatic carbocycles. The van der Waals surface area contributed by atoms with Crippen molar-refractivity contribution in [3.8, 4) is 0 Å². The van der Waals surface area contributed by atoms with Crippen LogP contribution in [-0.4, -0.2) is 93.0 Å². The topological polar surface area (TPSA) is 150 Å². The lowest BCUT2D eigenvalue weighted by Gasteiger charge is -2.35. The molecule has 0 unspecified atom stereocenters. The lowest BCUT2D eigenvalue weighted by Crippen LogP contribution is -2.31. The van der Waals surface area contributed by atoms with Crippen LogP contribution in [0.2, 0.25) is 0 Å². The molecule has 0 spiro atoms. The fourth-order valence-corrected chi connectivity index (χ4v) is 7.14. The number of hydrogen-bond donors (Lipinski definition) is 0. The van der Waals surface area contributed by atoms with Crippen LogP contribution in [0.5, 0.6) is 0 Å². The van der Waals surface area contributed by atoms with Crippen molar-refractivity contribution in [1.82, 2.24) is 19.6 Å². The van der Waals surface area contributed by atoms with Gasteiger partial charge >= 0.3 is 0 Å². The van der Waals surface area contributed by atoms with Crippen molar-refractivity contribution in [2.24, 2.45) is 5.41 Å². The monoisotopic (exact) mass is 676 g/mol. The molecule has 4 rings (SSSR count). The van der Waals surface area contributed by atoms with Crippen LogP contribution < -0.4 is 0 Å². The van der Waals surface area contributed by atoms with E-state index in [1.807, 2.05) is 0 Å². The molecule has 0 radical (unpaired) electrons. The van der Waals surface area contributed by atoms with Crippen LogP contribution in [0.1, 0.15) is 103 Å². The summed E-state index contributed by atoms with van der Waals surface area (Å²) in [7, 11) is 0. The Labute approximate surface area is 287 Å². The minimum atomic E-state index is -0.270. The van der Waals surface area contributed by atoms with Crippen molar-refractivity contribution in [2.75, 3.05) is 26.2 Å². The van der Waals surface area contributed by atoms with Crippen molar-refractivity contribution in [3.05, 3.63) is 48.6 Å². The van der Waals surface area contributed by atoms with Gasteiger partial charge in [-0.3, -0.25) is 58.0 Å². The quantitative estimate of drug-likeness (QED) is 0.110. The zero-order chi connectivity index (χ0) is 35.2. The highest BCUT2D eigenvalue weighted by atomic mass is 16.2. The van der Waals surface area contributed by atoms with Gasteiger partial charge in [0.1, 0.15) is 0 Å². The van der Waals surface area contributed by atoms with E-state index in [4.69, 9.17) is 0 Å². The fourth-order valence-electron chi connectivity index (χ4n) is 7.14. The molecule has 4 aliphatic rings. The minimum Gasteiger partial charge on any atom is -0.275 e. The Hall–Kier alpha value is -4.48. The second-order valence-electron chi connectivity index (χ2n) is 13.4. The Morgan fingerprint density at radius 3 is 0.653 bits per heavy atom. The molecule has 0 saturated heterocycles. The Morgan fingerprint density at radius 1 is 0.286 bits per heavy atom. The fraction of sp³-hybridized carbons (Fsp3) is 0.568. The van der Waals surface area contributed by atoms with E-state index in [0.29, 0.717) is 26.2 Å². The molecule has 12 nitrogen and oxygen atoms in total. The summed E-state index contributed by atoms with van der Waals surface area (Å²) >= 11 is 0. The molecule has 4 aliphatic heterocycles. The van der Waals surface area contributed by atoms with E-state index in [9.17, 15) is 38.4 Å². The average molecular weight is 677 g/mol. The average Bonchev–Trinajstić information content (AvgIpc) is 3.79. The van der Waals surface area contributed by atoms with Gasteiger partial charge in [0.15, 0.2) is 0 Å². The first kappa shape index (κ1) is 37.3. The van der Waals surface area contributed by atoms with Crippen molar-refractivity contribution < 1.29 is 38.4 Å². The van der Waals surface area contributed by atoms with Gasteiger partial charge in [-0.05, 0) is 56.8 Å². The van der Waals surface area contributed by atoms with Crippen LogP contribution in [0.15, 0.2) is 48.6 Å². The summed E-state index contributed by atoms with van der Waals surface area (Å²) in [5.74, 6) is -2.16. The van der Waals surface area contributed by atoms with Gasteiger partial charge in [-0.1, -0.05) is 51.4 Å². The second kappa shape index (κ2) is 18.3. The molecule has 12 heteroatoms. The zero-order valence-electron chi connectivity index (χ0n) is 28.3. The molecule has 0 atom stereocenters. The summed E-state index contributed by atoms with van der Waals surface area (Å²) in [5.41, 5.74) is 0.00333. The molecular weight excluding hydrogens is 628 g/mol. The summed E-state index contributed by atoms with van der Waals surface area (Å²) in [4.78, 5) is 101. The lowest BCUT2D eigenvalue weighted by molar-refractivity contribution is -0.138. The molecule has 0 aromatic rings. The van der Waals surface area contributed by atoms with E-state index in [1.54, 1.807) is 0 Å². The van der Waals surface area contributed by atoms with Gasteiger partial charge in [-0.25, -0.2) is 0 Å². The second-order valence-corrected chi connectivity index (χ2v) is 13.4. The predicted octanol–water partition coefficient (Wildman–Crippen LogP) is 3.91. The maximum atomic E-state index is 12.0. The molecule has 0 saturated carbocycles. The third-order valence-electron chi connectivity index (χ3n) is 9.96. The molecular formula is C37H48N4O8. The van der Waals surface area contributed by atoms with E-state index in [1.165, 1.54) is 68.2 Å². The summed E-state index contributed by atoms with van der Waals surface area (Å²) in [5, 5.41) is 0. The van der Waals surface area contributed by atoms with Crippen molar-refractivity contribution in [2.45, 2.75) is 103 Å². The maximum Gasteiger partial charge on any atom is 0.253 e. The van der Waals surface area contributed by atoms with E-state index < -0.39 is 0 Å². The van der Waals surface area contributed by atoms with Gasteiger partial charge in [-0.15, -0.1) is 0 Å². The van der Waals surface area contributed by atoms with Crippen LogP contribution in [0, 0.1) is 5.41 Å². The summed E-state index contributed by atoms with van der Waals surface area (Å²) in [6, 6.07) is 0. The third-order valence-corrected chi connectivity index (χ3v) is 9.96. The number of carbonyl (C=O) groups is 8. The van der Waals surface area contributed by atoms with Gasteiger partial charge in [0.2, 0.25) is 0 Å². The standard InChI is InChI=1S/C37H48N4O8/c42-29-13-14-30(43)38(29)25-9-1-5-21-37(22-6-2-10-26-39-31(44)15-16-32(39)45,23-7-3-11-27-40-33(46)17-18-34(40)47)24-8-4-12-28-41-35(48)19-20-36(41)49/h13-20H,1-12,21-28H2. The first-order chi connectivity index (χ1) is 23.6. The Kier molecular flexibility index (Phi) is 14.0. The van der Waals surface area contributed by atoms with Crippen LogP contribution >= 0.6 is 0 Å². The Bertz CT molecular complexity index is 1140. The van der Waals surface area contributed by atoms with Gasteiger partial charge in [-0.2, -0.15) is 0 Å². The molecule has 8 amide bonds. The van der Waals surface area contributed by atoms with Gasteiger partial charge in [0.05, 0.1) is 0 Å². The largest absolute Gasteiger partial charge is 0.275 e. The van der Waals surface area contributed by atoms with Crippen LogP contribution in [-0.2, 0) is 38.4 Å². The van der Waals surface area contributed by atoms with Gasteiger partial charge in [0.25, 0.3) is 47.3 Å². The number of amides is 8. The first-order valence-corrected chi connectivity index (χ1v) is 17.7. The smallest absolute Gasteiger partial charge is 0.253 e. The van der Waals surface area contributed by atoms with Gasteiger partial charge < -0.3 is 0 Å². The number of carbonyl (C=O) groups excluding carboxylic acids is 8. The van der Waals surface area contributed by atoms with Crippen LogP contribution in [0.4, 0.5) is 0 Å². The molecule has 264 valence electrons. The molecule has 49 heavy (non-hydrogen) atoms. The molecule has 4 heterocycles. The summed E-state index contributed by atoms with van der Waals surface area (Å²) in [6.45, 7) is 1.58. The number of imide groups is 4. The van der Waals surface area contributed by atoms with E-state index in [0.717, 1.165) is 103 Å². The molecule has 0 aliphatic carbocycles. The number of hydrogen-bond acceptors (Lipinski definition) is 8. The normalized spacial score (nSPS) is 17.6.